The molecule has 0 amide bonds. The highest BCUT2D eigenvalue weighted by atomic mass is 16.5. The highest BCUT2D eigenvalue weighted by Gasteiger charge is 2.46. The quantitative estimate of drug-likeness (QED) is 0.619. The lowest BCUT2D eigenvalue weighted by Gasteiger charge is -2.38. The van der Waals surface area contributed by atoms with Gasteiger partial charge in [-0.25, -0.2) is 4.79 Å². The standard InChI is InChI=1S/C17H19NO3/c1-12-7-14-15(21-10-16(5-6-16)9-20-14)8-13(12)17(18-11-19)3-2-4-17/h7-8H,2-6,9-10H2,1H3. The Hall–Kier alpha value is -1.80. The molecule has 0 aromatic heterocycles. The molecule has 1 spiro atoms. The van der Waals surface area contributed by atoms with Crippen LogP contribution in [-0.2, 0) is 10.3 Å². The lowest BCUT2D eigenvalue weighted by molar-refractivity contribution is 0.197. The van der Waals surface area contributed by atoms with Gasteiger partial charge in [0.1, 0.15) is 0 Å². The van der Waals surface area contributed by atoms with Gasteiger partial charge in [0.15, 0.2) is 11.5 Å². The van der Waals surface area contributed by atoms with Gasteiger partial charge in [-0.05, 0) is 62.3 Å². The summed E-state index contributed by atoms with van der Waals surface area (Å²) in [4.78, 5) is 14.9. The van der Waals surface area contributed by atoms with Gasteiger partial charge in [-0.15, -0.1) is 0 Å². The number of hydrogen-bond acceptors (Lipinski definition) is 4. The summed E-state index contributed by atoms with van der Waals surface area (Å²) in [7, 11) is 0. The third-order valence-corrected chi connectivity index (χ3v) is 5.26. The van der Waals surface area contributed by atoms with Crippen molar-refractivity contribution in [3.05, 3.63) is 23.3 Å². The van der Waals surface area contributed by atoms with E-state index in [1.807, 2.05) is 12.1 Å². The van der Waals surface area contributed by atoms with Crippen LogP contribution in [0.1, 0.15) is 43.2 Å². The maximum atomic E-state index is 10.8. The van der Waals surface area contributed by atoms with Gasteiger partial charge in [-0.2, -0.15) is 4.99 Å². The molecule has 1 aliphatic heterocycles. The second-order valence-corrected chi connectivity index (χ2v) is 6.78. The molecule has 0 N–H and O–H groups in total. The highest BCUT2D eigenvalue weighted by molar-refractivity contribution is 5.52. The molecule has 1 aromatic carbocycles. The minimum absolute atomic E-state index is 0.238. The Bertz CT molecular complexity index is 638. The largest absolute Gasteiger partial charge is 0.489 e. The van der Waals surface area contributed by atoms with E-state index >= 15 is 0 Å². The van der Waals surface area contributed by atoms with E-state index in [1.165, 1.54) is 12.8 Å². The Balaban J connectivity index is 1.74. The summed E-state index contributed by atoms with van der Waals surface area (Å²) in [6.07, 6.45) is 7.05. The summed E-state index contributed by atoms with van der Waals surface area (Å²) in [5.74, 6) is 1.62. The van der Waals surface area contributed by atoms with Crippen molar-refractivity contribution in [2.75, 3.05) is 13.2 Å². The van der Waals surface area contributed by atoms with E-state index in [1.54, 1.807) is 6.08 Å². The Morgan fingerprint density at radius 1 is 1.10 bits per heavy atom. The summed E-state index contributed by atoms with van der Waals surface area (Å²) in [5.41, 5.74) is 2.06. The number of aryl methyl sites for hydroxylation is 1. The van der Waals surface area contributed by atoms with Crippen molar-refractivity contribution in [1.29, 1.82) is 0 Å². The molecule has 2 saturated carbocycles. The van der Waals surface area contributed by atoms with Crippen LogP contribution in [0.5, 0.6) is 11.5 Å². The average molecular weight is 285 g/mol. The van der Waals surface area contributed by atoms with Crippen molar-refractivity contribution in [1.82, 2.24) is 0 Å². The van der Waals surface area contributed by atoms with Crippen LogP contribution in [0.15, 0.2) is 17.1 Å². The van der Waals surface area contributed by atoms with Crippen molar-refractivity contribution in [2.24, 2.45) is 10.4 Å². The fourth-order valence-electron chi connectivity index (χ4n) is 3.40. The van der Waals surface area contributed by atoms with E-state index in [4.69, 9.17) is 9.47 Å². The van der Waals surface area contributed by atoms with Gasteiger partial charge in [0.25, 0.3) is 0 Å². The van der Waals surface area contributed by atoms with Crippen LogP contribution < -0.4 is 9.47 Å². The van der Waals surface area contributed by atoms with E-state index < -0.39 is 0 Å². The van der Waals surface area contributed by atoms with E-state index in [2.05, 4.69) is 11.9 Å². The van der Waals surface area contributed by atoms with Gasteiger partial charge in [0, 0.05) is 5.41 Å². The first kappa shape index (κ1) is 12.9. The lowest BCUT2D eigenvalue weighted by atomic mass is 9.71. The topological polar surface area (TPSA) is 47.9 Å². The van der Waals surface area contributed by atoms with E-state index in [0.717, 1.165) is 55.1 Å². The Morgan fingerprint density at radius 3 is 2.29 bits per heavy atom. The molecule has 0 atom stereocenters. The first-order valence-electron chi connectivity index (χ1n) is 7.66. The van der Waals surface area contributed by atoms with Crippen molar-refractivity contribution in [3.8, 4) is 11.5 Å². The summed E-state index contributed by atoms with van der Waals surface area (Å²) in [6.45, 7) is 3.53. The zero-order valence-corrected chi connectivity index (χ0v) is 12.3. The number of ether oxygens (including phenoxy) is 2. The molecule has 4 nitrogen and oxygen atoms in total. The van der Waals surface area contributed by atoms with Crippen LogP contribution in [-0.4, -0.2) is 19.3 Å². The molecule has 4 heteroatoms. The number of hydrogen-bond donors (Lipinski definition) is 0. The predicted octanol–water partition coefficient (Wildman–Crippen LogP) is 3.26. The molecular formula is C17H19NO3. The number of fused-ring (bicyclic) bond motifs is 1. The number of nitrogens with zero attached hydrogens (tertiary/aromatic N) is 1. The van der Waals surface area contributed by atoms with Crippen molar-refractivity contribution in [2.45, 2.75) is 44.6 Å². The van der Waals surface area contributed by atoms with Crippen molar-refractivity contribution >= 4 is 6.08 Å². The van der Waals surface area contributed by atoms with Gasteiger partial charge >= 0.3 is 0 Å². The van der Waals surface area contributed by atoms with Crippen LogP contribution in [0, 0.1) is 12.3 Å². The SMILES string of the molecule is Cc1cc2c(cc1C1(N=C=O)CCC1)OCC1(CC1)CO2. The van der Waals surface area contributed by atoms with Gasteiger partial charge in [0.2, 0.25) is 6.08 Å². The summed E-state index contributed by atoms with van der Waals surface area (Å²) in [6, 6.07) is 4.07. The summed E-state index contributed by atoms with van der Waals surface area (Å²) < 4.78 is 12.0. The summed E-state index contributed by atoms with van der Waals surface area (Å²) in [5, 5.41) is 0. The molecule has 0 bridgehead atoms. The Morgan fingerprint density at radius 2 is 1.76 bits per heavy atom. The fraction of sp³-hybridized carbons (Fsp3) is 0.588. The monoisotopic (exact) mass is 285 g/mol. The van der Waals surface area contributed by atoms with Crippen LogP contribution in [0.4, 0.5) is 0 Å². The molecule has 21 heavy (non-hydrogen) atoms. The molecular weight excluding hydrogens is 266 g/mol. The fourth-order valence-corrected chi connectivity index (χ4v) is 3.40. The molecule has 0 radical (unpaired) electrons. The molecule has 1 aromatic rings. The van der Waals surface area contributed by atoms with Crippen LogP contribution in [0.3, 0.4) is 0 Å². The highest BCUT2D eigenvalue weighted by Crippen LogP contribution is 2.52. The second kappa shape index (κ2) is 4.35. The number of isocyanates is 1. The third kappa shape index (κ3) is 1.97. The van der Waals surface area contributed by atoms with E-state index in [-0.39, 0.29) is 11.0 Å². The first-order valence-corrected chi connectivity index (χ1v) is 7.66. The molecule has 2 aliphatic carbocycles. The minimum atomic E-state index is -0.381. The number of carbonyl (C=O) groups excluding carboxylic acids is 1. The maximum Gasteiger partial charge on any atom is 0.235 e. The van der Waals surface area contributed by atoms with E-state index in [0.29, 0.717) is 0 Å². The number of aliphatic imine (C=N–C) groups is 1. The summed E-state index contributed by atoms with van der Waals surface area (Å²) >= 11 is 0. The predicted molar refractivity (Wildman–Crippen MR) is 77.5 cm³/mol. The molecule has 0 saturated heterocycles. The second-order valence-electron chi connectivity index (χ2n) is 6.78. The maximum absolute atomic E-state index is 10.8. The van der Waals surface area contributed by atoms with Gasteiger partial charge in [0.05, 0.1) is 18.8 Å². The molecule has 2 fully saturated rings. The molecule has 0 unspecified atom stereocenters. The Kier molecular flexibility index (Phi) is 2.67. The van der Waals surface area contributed by atoms with E-state index in [9.17, 15) is 4.79 Å². The van der Waals surface area contributed by atoms with Crippen LogP contribution in [0.2, 0.25) is 0 Å². The van der Waals surface area contributed by atoms with Crippen LogP contribution in [0.25, 0.3) is 0 Å². The van der Waals surface area contributed by atoms with Crippen LogP contribution >= 0.6 is 0 Å². The first-order chi connectivity index (χ1) is 10.2. The van der Waals surface area contributed by atoms with Crippen molar-refractivity contribution < 1.29 is 14.3 Å². The third-order valence-electron chi connectivity index (χ3n) is 5.26. The smallest absolute Gasteiger partial charge is 0.235 e. The minimum Gasteiger partial charge on any atom is -0.489 e. The normalized spacial score (nSPS) is 23.7. The number of benzene rings is 1. The lowest BCUT2D eigenvalue weighted by Crippen LogP contribution is -2.32. The molecule has 1 heterocycles. The average Bonchev–Trinajstić information content (AvgIpc) is 3.22. The molecule has 4 rings (SSSR count). The van der Waals surface area contributed by atoms with Crippen molar-refractivity contribution in [3.63, 3.8) is 0 Å². The van der Waals surface area contributed by atoms with Gasteiger partial charge < -0.3 is 9.47 Å². The number of rotatable bonds is 2. The Labute approximate surface area is 124 Å². The zero-order chi connectivity index (χ0) is 14.5. The van der Waals surface area contributed by atoms with Gasteiger partial charge in [-0.3, -0.25) is 0 Å². The zero-order valence-electron chi connectivity index (χ0n) is 12.3. The molecule has 110 valence electrons. The molecule has 3 aliphatic rings. The van der Waals surface area contributed by atoms with Gasteiger partial charge in [-0.1, -0.05) is 0 Å².